The molecule has 4 saturated carbocycles. The van der Waals surface area contributed by atoms with Crippen molar-refractivity contribution in [2.24, 2.45) is 29.6 Å². The maximum atomic E-state index is 14.7. The Labute approximate surface area is 165 Å². The molecule has 0 aromatic heterocycles. The zero-order valence-corrected chi connectivity index (χ0v) is 18.0. The molecule has 4 heteroatoms. The number of fused-ring (bicyclic) bond motifs is 4. The average Bonchev–Trinajstić information content (AvgIpc) is 2.71. The third kappa shape index (κ3) is 3.10. The summed E-state index contributed by atoms with van der Waals surface area (Å²) in [6, 6.07) is 0. The molecular formula is C23H39O3P. The molecule has 3 nitrogen and oxygen atoms in total. The lowest BCUT2D eigenvalue weighted by atomic mass is 9.64. The van der Waals surface area contributed by atoms with E-state index < -0.39 is 7.37 Å². The van der Waals surface area contributed by atoms with Gasteiger partial charge >= 0.3 is 0 Å². The fraction of sp³-hybridized carbons (Fsp3) is 1.00. The average molecular weight is 395 g/mol. The lowest BCUT2D eigenvalue weighted by molar-refractivity contribution is -0.0289. The molecule has 1 N–H and O–H groups in total. The van der Waals surface area contributed by atoms with E-state index in [1.54, 1.807) is 0 Å². The molecule has 154 valence electrons. The highest BCUT2D eigenvalue weighted by Gasteiger charge is 2.59. The number of aliphatic hydroxyl groups excluding tert-OH is 1. The molecule has 5 aliphatic rings. The van der Waals surface area contributed by atoms with Gasteiger partial charge in [0.05, 0.1) is 17.9 Å². The van der Waals surface area contributed by atoms with Gasteiger partial charge in [-0.1, -0.05) is 45.4 Å². The second kappa shape index (κ2) is 7.44. The van der Waals surface area contributed by atoms with Crippen molar-refractivity contribution in [3.63, 3.8) is 0 Å². The van der Waals surface area contributed by atoms with Crippen molar-refractivity contribution >= 4 is 7.37 Å². The van der Waals surface area contributed by atoms with E-state index in [-0.39, 0.29) is 23.5 Å². The van der Waals surface area contributed by atoms with E-state index in [1.807, 2.05) is 0 Å². The van der Waals surface area contributed by atoms with Crippen molar-refractivity contribution < 1.29 is 14.2 Å². The van der Waals surface area contributed by atoms with E-state index in [0.29, 0.717) is 29.6 Å². The standard InChI is InChI=1S/C23H39O3P/c1-15-14-22(23(24)19-11-3-2-8-16(15)19)27(25)21-13-7-5-10-18(21)17-9-4-6-12-20(17)26-27/h15-24H,2-14H2,1H3. The lowest BCUT2D eigenvalue weighted by Gasteiger charge is -2.56. The first kappa shape index (κ1) is 19.1. The van der Waals surface area contributed by atoms with Crippen LogP contribution in [-0.2, 0) is 9.09 Å². The van der Waals surface area contributed by atoms with Gasteiger partial charge in [0, 0.05) is 5.66 Å². The van der Waals surface area contributed by atoms with Gasteiger partial charge in [-0.15, -0.1) is 0 Å². The van der Waals surface area contributed by atoms with Gasteiger partial charge in [-0.3, -0.25) is 4.57 Å². The predicted octanol–water partition coefficient (Wildman–Crippen LogP) is 5.99. The molecular weight excluding hydrogens is 355 g/mol. The van der Waals surface area contributed by atoms with E-state index in [0.717, 1.165) is 25.7 Å². The smallest absolute Gasteiger partial charge is 0.212 e. The molecule has 4 aliphatic carbocycles. The maximum Gasteiger partial charge on any atom is 0.212 e. The first-order chi connectivity index (χ1) is 13.1. The van der Waals surface area contributed by atoms with Crippen LogP contribution in [0.1, 0.15) is 90.4 Å². The Morgan fingerprint density at radius 1 is 0.741 bits per heavy atom. The van der Waals surface area contributed by atoms with Crippen LogP contribution in [0.4, 0.5) is 0 Å². The van der Waals surface area contributed by atoms with E-state index in [1.165, 1.54) is 57.8 Å². The van der Waals surface area contributed by atoms with Crippen LogP contribution >= 0.6 is 7.37 Å². The topological polar surface area (TPSA) is 46.5 Å². The molecule has 0 aromatic carbocycles. The molecule has 0 bridgehead atoms. The van der Waals surface area contributed by atoms with Gasteiger partial charge in [-0.2, -0.15) is 0 Å². The maximum absolute atomic E-state index is 14.7. The molecule has 1 saturated heterocycles. The summed E-state index contributed by atoms with van der Waals surface area (Å²) in [6.45, 7) is 2.36. The predicted molar refractivity (Wildman–Crippen MR) is 109 cm³/mol. The molecule has 0 amide bonds. The van der Waals surface area contributed by atoms with Crippen molar-refractivity contribution in [2.45, 2.75) is 114 Å². The zero-order valence-electron chi connectivity index (χ0n) is 17.1. The molecule has 27 heavy (non-hydrogen) atoms. The zero-order chi connectivity index (χ0) is 18.6. The molecule has 5 fully saturated rings. The van der Waals surface area contributed by atoms with E-state index in [4.69, 9.17) is 4.52 Å². The van der Waals surface area contributed by atoms with E-state index >= 15 is 0 Å². The fourth-order valence-electron chi connectivity index (χ4n) is 8.11. The van der Waals surface area contributed by atoms with Crippen molar-refractivity contribution in [2.75, 3.05) is 0 Å². The minimum absolute atomic E-state index is 0.0830. The molecule has 0 radical (unpaired) electrons. The van der Waals surface area contributed by atoms with Crippen LogP contribution in [0.5, 0.6) is 0 Å². The van der Waals surface area contributed by atoms with Gasteiger partial charge in [0.15, 0.2) is 0 Å². The quantitative estimate of drug-likeness (QED) is 0.556. The summed E-state index contributed by atoms with van der Waals surface area (Å²) in [5.74, 6) is 2.85. The first-order valence-electron chi connectivity index (χ1n) is 12.1. The van der Waals surface area contributed by atoms with E-state index in [9.17, 15) is 9.67 Å². The number of aliphatic hydroxyl groups is 1. The molecule has 10 atom stereocenters. The molecule has 0 aromatic rings. The Morgan fingerprint density at radius 3 is 2.11 bits per heavy atom. The van der Waals surface area contributed by atoms with Gasteiger partial charge in [0.1, 0.15) is 0 Å². The molecule has 10 unspecified atom stereocenters. The van der Waals surface area contributed by atoms with Gasteiger partial charge in [0.2, 0.25) is 7.37 Å². The first-order valence-corrected chi connectivity index (χ1v) is 13.8. The summed E-state index contributed by atoms with van der Waals surface area (Å²) >= 11 is 0. The summed E-state index contributed by atoms with van der Waals surface area (Å²) in [6.07, 6.45) is 15.5. The third-order valence-corrected chi connectivity index (χ3v) is 13.0. The number of hydrogen-bond acceptors (Lipinski definition) is 3. The second-order valence-corrected chi connectivity index (χ2v) is 13.5. The summed E-state index contributed by atoms with van der Waals surface area (Å²) in [7, 11) is -2.82. The molecule has 5 rings (SSSR count). The minimum Gasteiger partial charge on any atom is -0.392 e. The van der Waals surface area contributed by atoms with Crippen molar-refractivity contribution in [1.82, 2.24) is 0 Å². The van der Waals surface area contributed by atoms with E-state index in [2.05, 4.69) is 6.92 Å². The van der Waals surface area contributed by atoms with Gasteiger partial charge in [-0.05, 0) is 74.5 Å². The fourth-order valence-corrected chi connectivity index (χ4v) is 12.3. The van der Waals surface area contributed by atoms with Crippen LogP contribution in [0, 0.1) is 29.6 Å². The van der Waals surface area contributed by atoms with Gasteiger partial charge < -0.3 is 9.63 Å². The van der Waals surface area contributed by atoms with Crippen LogP contribution in [0.2, 0.25) is 0 Å². The highest BCUT2D eigenvalue weighted by atomic mass is 31.2. The number of hydrogen-bond donors (Lipinski definition) is 1. The largest absolute Gasteiger partial charge is 0.392 e. The highest BCUT2D eigenvalue weighted by molar-refractivity contribution is 7.60. The Kier molecular flexibility index (Phi) is 5.27. The van der Waals surface area contributed by atoms with Gasteiger partial charge in [-0.25, -0.2) is 0 Å². The van der Waals surface area contributed by atoms with Gasteiger partial charge in [0.25, 0.3) is 0 Å². The third-order valence-electron chi connectivity index (χ3n) is 9.36. The Balaban J connectivity index is 1.47. The van der Waals surface area contributed by atoms with Crippen molar-refractivity contribution in [3.05, 3.63) is 0 Å². The summed E-state index contributed by atoms with van der Waals surface area (Å²) in [5, 5.41) is 11.4. The van der Waals surface area contributed by atoms with Crippen molar-refractivity contribution in [1.29, 1.82) is 0 Å². The van der Waals surface area contributed by atoms with Crippen LogP contribution in [0.25, 0.3) is 0 Å². The molecule has 0 spiro atoms. The normalized spacial score (nSPS) is 55.9. The van der Waals surface area contributed by atoms with Crippen LogP contribution in [-0.4, -0.2) is 28.6 Å². The van der Waals surface area contributed by atoms with Crippen LogP contribution in [0.15, 0.2) is 0 Å². The monoisotopic (exact) mass is 394 g/mol. The number of rotatable bonds is 1. The van der Waals surface area contributed by atoms with Crippen LogP contribution < -0.4 is 0 Å². The highest BCUT2D eigenvalue weighted by Crippen LogP contribution is 2.71. The summed E-state index contributed by atoms with van der Waals surface area (Å²) in [4.78, 5) is 0. The Hall–Kier alpha value is 0.150. The SMILES string of the molecule is CC1CC(P2(=O)OC3CCCCC3C3CCCCC32)C(O)C2CCCCC12. The molecule has 1 aliphatic heterocycles. The lowest BCUT2D eigenvalue weighted by Crippen LogP contribution is -2.53. The summed E-state index contributed by atoms with van der Waals surface area (Å²) in [5.41, 5.74) is 0.165. The van der Waals surface area contributed by atoms with Crippen LogP contribution in [0.3, 0.4) is 0 Å². The summed E-state index contributed by atoms with van der Waals surface area (Å²) < 4.78 is 21.3. The molecule has 1 heterocycles. The van der Waals surface area contributed by atoms with Crippen molar-refractivity contribution in [3.8, 4) is 0 Å². The second-order valence-electron chi connectivity index (χ2n) is 10.6. The minimum atomic E-state index is -2.82. The Bertz CT molecular complexity index is 592. The Morgan fingerprint density at radius 2 is 1.33 bits per heavy atom.